The molecule has 0 aliphatic carbocycles. The molecule has 6 heteroatoms. The Balaban J connectivity index is 2.40. The van der Waals surface area contributed by atoms with E-state index < -0.39 is 12.0 Å². The van der Waals surface area contributed by atoms with Gasteiger partial charge < -0.3 is 20.1 Å². The normalized spacial score (nSPS) is 20.8. The average molecular weight is 258 g/mol. The van der Waals surface area contributed by atoms with Crippen LogP contribution in [0.4, 0.5) is 4.79 Å². The minimum Gasteiger partial charge on any atom is -0.480 e. The molecule has 1 rings (SSSR count). The van der Waals surface area contributed by atoms with E-state index in [-0.39, 0.29) is 6.03 Å². The molecule has 1 fully saturated rings. The van der Waals surface area contributed by atoms with Crippen LogP contribution in [0.1, 0.15) is 26.2 Å². The van der Waals surface area contributed by atoms with Gasteiger partial charge in [-0.05, 0) is 25.2 Å². The quantitative estimate of drug-likeness (QED) is 0.694. The SMILES string of the molecule is COCCCC(NC(=O)N1CCC(C)C1)C(=O)O. The van der Waals surface area contributed by atoms with Crippen LogP contribution in [-0.4, -0.2) is 54.9 Å². The predicted molar refractivity (Wildman–Crippen MR) is 66.4 cm³/mol. The maximum Gasteiger partial charge on any atom is 0.326 e. The number of carbonyl (C=O) groups is 2. The minimum atomic E-state index is -0.994. The summed E-state index contributed by atoms with van der Waals surface area (Å²) < 4.78 is 4.87. The lowest BCUT2D eigenvalue weighted by Gasteiger charge is -2.20. The first-order valence-corrected chi connectivity index (χ1v) is 6.31. The number of carboxylic acids is 1. The largest absolute Gasteiger partial charge is 0.480 e. The van der Waals surface area contributed by atoms with Crippen LogP contribution in [0.2, 0.25) is 0 Å². The van der Waals surface area contributed by atoms with Crippen molar-refractivity contribution in [2.45, 2.75) is 32.2 Å². The van der Waals surface area contributed by atoms with Gasteiger partial charge in [0, 0.05) is 26.8 Å². The fraction of sp³-hybridized carbons (Fsp3) is 0.833. The molecule has 1 aliphatic heterocycles. The zero-order valence-corrected chi connectivity index (χ0v) is 11.0. The molecule has 2 atom stereocenters. The van der Waals surface area contributed by atoms with Crippen molar-refractivity contribution in [3.05, 3.63) is 0 Å². The van der Waals surface area contributed by atoms with Gasteiger partial charge in [-0.25, -0.2) is 9.59 Å². The fourth-order valence-corrected chi connectivity index (χ4v) is 2.05. The van der Waals surface area contributed by atoms with Crippen molar-refractivity contribution < 1.29 is 19.4 Å². The Kier molecular flexibility index (Phi) is 5.91. The van der Waals surface area contributed by atoms with Crippen LogP contribution in [0.15, 0.2) is 0 Å². The van der Waals surface area contributed by atoms with Crippen molar-refractivity contribution in [2.24, 2.45) is 5.92 Å². The molecule has 1 heterocycles. The summed E-state index contributed by atoms with van der Waals surface area (Å²) in [7, 11) is 1.57. The van der Waals surface area contributed by atoms with Crippen molar-refractivity contribution in [1.29, 1.82) is 0 Å². The number of urea groups is 1. The minimum absolute atomic E-state index is 0.274. The van der Waals surface area contributed by atoms with Gasteiger partial charge in [0.1, 0.15) is 6.04 Å². The lowest BCUT2D eigenvalue weighted by Crippen LogP contribution is -2.47. The number of hydrogen-bond donors (Lipinski definition) is 2. The Labute approximate surface area is 107 Å². The summed E-state index contributed by atoms with van der Waals surface area (Å²) in [5.41, 5.74) is 0. The number of likely N-dealkylation sites (tertiary alicyclic amines) is 1. The number of hydrogen-bond acceptors (Lipinski definition) is 3. The molecule has 6 nitrogen and oxygen atoms in total. The molecule has 0 bridgehead atoms. The summed E-state index contributed by atoms with van der Waals surface area (Å²) in [5.74, 6) is -0.501. The number of methoxy groups -OCH3 is 1. The molecule has 18 heavy (non-hydrogen) atoms. The molecular weight excluding hydrogens is 236 g/mol. The van der Waals surface area contributed by atoms with Gasteiger partial charge in [-0.2, -0.15) is 0 Å². The van der Waals surface area contributed by atoms with Gasteiger partial charge in [-0.3, -0.25) is 0 Å². The Morgan fingerprint density at radius 3 is 2.78 bits per heavy atom. The standard InChI is InChI=1S/C12H22N2O4/c1-9-5-6-14(8-9)12(17)13-10(11(15)16)4-3-7-18-2/h9-10H,3-8H2,1-2H3,(H,13,17)(H,15,16). The third kappa shape index (κ3) is 4.52. The Bertz CT molecular complexity index is 296. The topological polar surface area (TPSA) is 78.9 Å². The lowest BCUT2D eigenvalue weighted by molar-refractivity contribution is -0.139. The van der Waals surface area contributed by atoms with E-state index in [0.717, 1.165) is 6.42 Å². The number of nitrogens with one attached hydrogen (secondary N) is 1. The first-order chi connectivity index (χ1) is 8.54. The first kappa shape index (κ1) is 14.8. The lowest BCUT2D eigenvalue weighted by atomic mass is 10.1. The van der Waals surface area contributed by atoms with Crippen LogP contribution < -0.4 is 5.32 Å². The van der Waals surface area contributed by atoms with Crippen molar-refractivity contribution in [2.75, 3.05) is 26.8 Å². The monoisotopic (exact) mass is 258 g/mol. The molecule has 0 aromatic carbocycles. The van der Waals surface area contributed by atoms with Crippen LogP contribution in [0.5, 0.6) is 0 Å². The van der Waals surface area contributed by atoms with Crippen LogP contribution in [0.25, 0.3) is 0 Å². The molecule has 1 aliphatic rings. The molecular formula is C12H22N2O4. The third-order valence-corrected chi connectivity index (χ3v) is 3.15. The van der Waals surface area contributed by atoms with E-state index in [9.17, 15) is 9.59 Å². The highest BCUT2D eigenvalue weighted by Crippen LogP contribution is 2.15. The summed E-state index contributed by atoms with van der Waals surface area (Å²) in [6.45, 7) is 3.99. The molecule has 104 valence electrons. The molecule has 1 saturated heterocycles. The van der Waals surface area contributed by atoms with Gasteiger partial charge >= 0.3 is 12.0 Å². The van der Waals surface area contributed by atoms with E-state index in [1.807, 2.05) is 0 Å². The van der Waals surface area contributed by atoms with E-state index in [4.69, 9.17) is 9.84 Å². The molecule has 2 unspecified atom stereocenters. The number of ether oxygens (including phenoxy) is 1. The average Bonchev–Trinajstić information content (AvgIpc) is 2.74. The zero-order valence-electron chi connectivity index (χ0n) is 11.0. The van der Waals surface area contributed by atoms with Gasteiger partial charge in [-0.15, -0.1) is 0 Å². The Hall–Kier alpha value is -1.30. The summed E-state index contributed by atoms with van der Waals surface area (Å²) in [5, 5.41) is 11.6. The van der Waals surface area contributed by atoms with Gasteiger partial charge in [0.25, 0.3) is 0 Å². The van der Waals surface area contributed by atoms with E-state index in [2.05, 4.69) is 12.2 Å². The second-order valence-electron chi connectivity index (χ2n) is 4.82. The van der Waals surface area contributed by atoms with Gasteiger partial charge in [0.15, 0.2) is 0 Å². The summed E-state index contributed by atoms with van der Waals surface area (Å²) in [4.78, 5) is 24.6. The highest BCUT2D eigenvalue weighted by atomic mass is 16.5. The van der Waals surface area contributed by atoms with Gasteiger partial charge in [0.2, 0.25) is 0 Å². The van der Waals surface area contributed by atoms with Crippen molar-refractivity contribution in [3.8, 4) is 0 Å². The maximum absolute atomic E-state index is 11.9. The predicted octanol–water partition coefficient (Wildman–Crippen LogP) is 0.918. The van der Waals surface area contributed by atoms with E-state index in [1.165, 1.54) is 0 Å². The molecule has 0 aromatic rings. The van der Waals surface area contributed by atoms with E-state index in [1.54, 1.807) is 12.0 Å². The zero-order chi connectivity index (χ0) is 13.5. The molecule has 0 saturated carbocycles. The second kappa shape index (κ2) is 7.20. The number of carboxylic acid groups (broad SMARTS) is 1. The smallest absolute Gasteiger partial charge is 0.326 e. The van der Waals surface area contributed by atoms with Gasteiger partial charge in [0.05, 0.1) is 0 Å². The number of aliphatic carboxylic acids is 1. The van der Waals surface area contributed by atoms with Crippen LogP contribution in [-0.2, 0) is 9.53 Å². The molecule has 0 spiro atoms. The Morgan fingerprint density at radius 2 is 2.28 bits per heavy atom. The summed E-state index contributed by atoms with van der Waals surface area (Å²) in [6, 6.07) is -1.10. The Morgan fingerprint density at radius 1 is 1.56 bits per heavy atom. The van der Waals surface area contributed by atoms with Crippen LogP contribution in [0, 0.1) is 5.92 Å². The number of amides is 2. The fourth-order valence-electron chi connectivity index (χ4n) is 2.05. The van der Waals surface area contributed by atoms with Crippen molar-refractivity contribution in [1.82, 2.24) is 10.2 Å². The second-order valence-corrected chi connectivity index (χ2v) is 4.82. The maximum atomic E-state index is 11.9. The van der Waals surface area contributed by atoms with E-state index in [0.29, 0.717) is 38.5 Å². The number of carbonyl (C=O) groups excluding carboxylic acids is 1. The molecule has 0 radical (unpaired) electrons. The molecule has 0 aromatic heterocycles. The van der Waals surface area contributed by atoms with Crippen molar-refractivity contribution >= 4 is 12.0 Å². The third-order valence-electron chi connectivity index (χ3n) is 3.15. The molecule has 2 amide bonds. The first-order valence-electron chi connectivity index (χ1n) is 6.31. The highest BCUT2D eigenvalue weighted by Gasteiger charge is 2.27. The summed E-state index contributed by atoms with van der Waals surface area (Å²) in [6.07, 6.45) is 1.98. The van der Waals surface area contributed by atoms with Gasteiger partial charge in [-0.1, -0.05) is 6.92 Å². The molecule has 2 N–H and O–H groups in total. The van der Waals surface area contributed by atoms with Crippen LogP contribution >= 0.6 is 0 Å². The summed E-state index contributed by atoms with van der Waals surface area (Å²) >= 11 is 0. The number of nitrogens with zero attached hydrogens (tertiary/aromatic N) is 1. The number of rotatable bonds is 6. The van der Waals surface area contributed by atoms with E-state index >= 15 is 0 Å². The highest BCUT2D eigenvalue weighted by molar-refractivity contribution is 5.82. The van der Waals surface area contributed by atoms with Crippen LogP contribution in [0.3, 0.4) is 0 Å². The van der Waals surface area contributed by atoms with Crippen molar-refractivity contribution in [3.63, 3.8) is 0 Å².